The lowest BCUT2D eigenvalue weighted by atomic mass is 10.00. The Hall–Kier alpha value is -1.90. The summed E-state index contributed by atoms with van der Waals surface area (Å²) in [4.78, 5) is 4.52. The molecule has 0 atom stereocenters. The molecule has 0 fully saturated rings. The number of para-hydroxylation sites is 1. The van der Waals surface area contributed by atoms with Gasteiger partial charge in [0.1, 0.15) is 0 Å². The van der Waals surface area contributed by atoms with Gasteiger partial charge in [0.15, 0.2) is 0 Å². The van der Waals surface area contributed by atoms with Gasteiger partial charge in [-0.3, -0.25) is 4.98 Å². The summed E-state index contributed by atoms with van der Waals surface area (Å²) in [6, 6.07) is 16.3. The van der Waals surface area contributed by atoms with Crippen LogP contribution in [0.25, 0.3) is 22.0 Å². The Morgan fingerprint density at radius 3 is 2.80 bits per heavy atom. The molecular formula is C17H15ClN2. The van der Waals surface area contributed by atoms with Crippen molar-refractivity contribution in [1.29, 1.82) is 0 Å². The van der Waals surface area contributed by atoms with Gasteiger partial charge in [-0.15, -0.1) is 0 Å². The summed E-state index contributed by atoms with van der Waals surface area (Å²) < 4.78 is 0. The molecule has 0 aliphatic carbocycles. The smallest absolute Gasteiger partial charge is 0.0702 e. The lowest BCUT2D eigenvalue weighted by Gasteiger charge is -2.10. The lowest BCUT2D eigenvalue weighted by molar-refractivity contribution is 0.819. The Balaban J connectivity index is 2.16. The summed E-state index contributed by atoms with van der Waals surface area (Å²) in [6.07, 6.45) is 1.91. The summed E-state index contributed by atoms with van der Waals surface area (Å²) in [7, 11) is 1.94. The number of fused-ring (bicyclic) bond motifs is 1. The molecule has 0 aliphatic heterocycles. The first kappa shape index (κ1) is 13.1. The van der Waals surface area contributed by atoms with Crippen LogP contribution in [0.2, 0.25) is 5.02 Å². The maximum absolute atomic E-state index is 6.14. The molecule has 0 bridgehead atoms. The van der Waals surface area contributed by atoms with E-state index in [9.17, 15) is 0 Å². The van der Waals surface area contributed by atoms with Crippen LogP contribution >= 0.6 is 11.6 Å². The second kappa shape index (κ2) is 5.61. The van der Waals surface area contributed by atoms with Crippen LogP contribution in [-0.2, 0) is 6.54 Å². The van der Waals surface area contributed by atoms with Crippen LogP contribution in [-0.4, -0.2) is 12.0 Å². The maximum atomic E-state index is 6.14. The molecule has 0 amide bonds. The van der Waals surface area contributed by atoms with Crippen molar-refractivity contribution in [2.45, 2.75) is 6.54 Å². The SMILES string of the molecule is CNCc1ccc(Cl)cc1-c1cnc2ccccc2c1. The van der Waals surface area contributed by atoms with E-state index in [0.717, 1.165) is 33.6 Å². The average molecular weight is 283 g/mol. The standard InChI is InChI=1S/C17H15ClN2/c1-19-10-13-6-7-15(18)9-16(13)14-8-12-4-2-3-5-17(12)20-11-14/h2-9,11,19H,10H2,1H3. The Kier molecular flexibility index (Phi) is 3.68. The molecule has 3 heteroatoms. The number of pyridine rings is 1. The van der Waals surface area contributed by atoms with Crippen molar-refractivity contribution >= 4 is 22.5 Å². The second-order valence-corrected chi connectivity index (χ2v) is 5.18. The zero-order chi connectivity index (χ0) is 13.9. The molecule has 1 heterocycles. The van der Waals surface area contributed by atoms with E-state index in [1.165, 1.54) is 5.56 Å². The fourth-order valence-electron chi connectivity index (χ4n) is 2.38. The first-order chi connectivity index (χ1) is 9.78. The van der Waals surface area contributed by atoms with E-state index in [1.807, 2.05) is 43.6 Å². The first-order valence-electron chi connectivity index (χ1n) is 6.56. The Bertz CT molecular complexity index is 753. The molecule has 0 aliphatic rings. The summed E-state index contributed by atoms with van der Waals surface area (Å²) >= 11 is 6.14. The van der Waals surface area contributed by atoms with E-state index in [2.05, 4.69) is 28.5 Å². The quantitative estimate of drug-likeness (QED) is 0.776. The Labute approximate surface area is 123 Å². The third kappa shape index (κ3) is 2.53. The van der Waals surface area contributed by atoms with Crippen LogP contribution in [0.15, 0.2) is 54.7 Å². The van der Waals surface area contributed by atoms with Crippen molar-refractivity contribution in [3.63, 3.8) is 0 Å². The van der Waals surface area contributed by atoms with E-state index in [4.69, 9.17) is 11.6 Å². The summed E-state index contributed by atoms with van der Waals surface area (Å²) in [5, 5.41) is 5.07. The largest absolute Gasteiger partial charge is 0.316 e. The first-order valence-corrected chi connectivity index (χ1v) is 6.94. The minimum atomic E-state index is 0.744. The van der Waals surface area contributed by atoms with Crippen LogP contribution in [0, 0.1) is 0 Å². The zero-order valence-electron chi connectivity index (χ0n) is 11.2. The summed E-state index contributed by atoms with van der Waals surface area (Å²) in [5.74, 6) is 0. The van der Waals surface area contributed by atoms with Crippen molar-refractivity contribution in [1.82, 2.24) is 10.3 Å². The highest BCUT2D eigenvalue weighted by molar-refractivity contribution is 6.30. The van der Waals surface area contributed by atoms with Crippen LogP contribution in [0.5, 0.6) is 0 Å². The molecule has 0 saturated carbocycles. The fraction of sp³-hybridized carbons (Fsp3) is 0.118. The second-order valence-electron chi connectivity index (χ2n) is 4.75. The number of nitrogens with one attached hydrogen (secondary N) is 1. The van der Waals surface area contributed by atoms with Gasteiger partial charge in [0.2, 0.25) is 0 Å². The Morgan fingerprint density at radius 1 is 1.10 bits per heavy atom. The fourth-order valence-corrected chi connectivity index (χ4v) is 2.55. The monoisotopic (exact) mass is 282 g/mol. The molecule has 1 N–H and O–H groups in total. The number of hydrogen-bond acceptors (Lipinski definition) is 2. The van der Waals surface area contributed by atoms with Crippen molar-refractivity contribution in [2.75, 3.05) is 7.05 Å². The van der Waals surface area contributed by atoms with E-state index in [1.54, 1.807) is 0 Å². The minimum Gasteiger partial charge on any atom is -0.316 e. The average Bonchev–Trinajstić information content (AvgIpc) is 2.49. The van der Waals surface area contributed by atoms with Gasteiger partial charge < -0.3 is 5.32 Å². The highest BCUT2D eigenvalue weighted by atomic mass is 35.5. The number of aromatic nitrogens is 1. The normalized spacial score (nSPS) is 10.9. The maximum Gasteiger partial charge on any atom is 0.0702 e. The zero-order valence-corrected chi connectivity index (χ0v) is 12.0. The molecule has 0 unspecified atom stereocenters. The third-order valence-corrected chi connectivity index (χ3v) is 3.58. The molecule has 0 spiro atoms. The van der Waals surface area contributed by atoms with Gasteiger partial charge in [0.25, 0.3) is 0 Å². The third-order valence-electron chi connectivity index (χ3n) is 3.34. The molecule has 2 aromatic carbocycles. The van der Waals surface area contributed by atoms with Crippen LogP contribution in [0.1, 0.15) is 5.56 Å². The van der Waals surface area contributed by atoms with E-state index >= 15 is 0 Å². The molecule has 2 nitrogen and oxygen atoms in total. The molecule has 3 rings (SSSR count). The molecule has 100 valence electrons. The van der Waals surface area contributed by atoms with E-state index in [-0.39, 0.29) is 0 Å². The molecule has 1 aromatic heterocycles. The van der Waals surface area contributed by atoms with Crippen LogP contribution in [0.3, 0.4) is 0 Å². The number of nitrogens with zero attached hydrogens (tertiary/aromatic N) is 1. The topological polar surface area (TPSA) is 24.9 Å². The van der Waals surface area contributed by atoms with Gasteiger partial charge in [0.05, 0.1) is 5.52 Å². The van der Waals surface area contributed by atoms with Crippen molar-refractivity contribution in [3.05, 3.63) is 65.3 Å². The molecule has 0 saturated heterocycles. The molecular weight excluding hydrogens is 268 g/mol. The van der Waals surface area contributed by atoms with Gasteiger partial charge in [-0.25, -0.2) is 0 Å². The summed E-state index contributed by atoms with van der Waals surface area (Å²) in [5.41, 5.74) is 4.45. The van der Waals surface area contributed by atoms with Gasteiger partial charge in [-0.05, 0) is 42.4 Å². The van der Waals surface area contributed by atoms with Crippen molar-refractivity contribution < 1.29 is 0 Å². The van der Waals surface area contributed by atoms with Crippen molar-refractivity contribution in [2.24, 2.45) is 0 Å². The molecule has 3 aromatic rings. The van der Waals surface area contributed by atoms with Gasteiger partial charge in [0, 0.05) is 28.7 Å². The highest BCUT2D eigenvalue weighted by Crippen LogP contribution is 2.28. The predicted octanol–water partition coefficient (Wildman–Crippen LogP) is 4.27. The van der Waals surface area contributed by atoms with Gasteiger partial charge >= 0.3 is 0 Å². The van der Waals surface area contributed by atoms with E-state index in [0.29, 0.717) is 0 Å². The molecule has 0 radical (unpaired) electrons. The highest BCUT2D eigenvalue weighted by Gasteiger charge is 2.07. The molecule has 20 heavy (non-hydrogen) atoms. The number of halogens is 1. The minimum absolute atomic E-state index is 0.744. The number of rotatable bonds is 3. The number of hydrogen-bond donors (Lipinski definition) is 1. The van der Waals surface area contributed by atoms with Crippen molar-refractivity contribution in [3.8, 4) is 11.1 Å². The predicted molar refractivity (Wildman–Crippen MR) is 85.0 cm³/mol. The lowest BCUT2D eigenvalue weighted by Crippen LogP contribution is -2.06. The van der Waals surface area contributed by atoms with Crippen LogP contribution < -0.4 is 5.32 Å². The van der Waals surface area contributed by atoms with Crippen LogP contribution in [0.4, 0.5) is 0 Å². The van der Waals surface area contributed by atoms with Gasteiger partial charge in [-0.2, -0.15) is 0 Å². The number of benzene rings is 2. The van der Waals surface area contributed by atoms with E-state index < -0.39 is 0 Å². The Morgan fingerprint density at radius 2 is 1.95 bits per heavy atom. The van der Waals surface area contributed by atoms with Gasteiger partial charge in [-0.1, -0.05) is 35.9 Å². The summed E-state index contributed by atoms with van der Waals surface area (Å²) in [6.45, 7) is 0.805.